The first-order valence-electron chi connectivity index (χ1n) is 5.72. The Labute approximate surface area is 108 Å². The minimum absolute atomic E-state index is 0. The Morgan fingerprint density at radius 3 is 1.93 bits per heavy atom. The quantitative estimate of drug-likeness (QED) is 0.725. The fourth-order valence-corrected chi connectivity index (χ4v) is 1.63. The van der Waals surface area contributed by atoms with Crippen molar-refractivity contribution >= 4 is 24.8 Å². The van der Waals surface area contributed by atoms with Gasteiger partial charge in [0.2, 0.25) is 0 Å². The van der Waals surface area contributed by atoms with Crippen LogP contribution in [0, 0.1) is 0 Å². The highest BCUT2D eigenvalue weighted by Crippen LogP contribution is 2.03. The van der Waals surface area contributed by atoms with Gasteiger partial charge in [0.25, 0.3) is 0 Å². The summed E-state index contributed by atoms with van der Waals surface area (Å²) in [5.74, 6) is 0. The molecule has 2 nitrogen and oxygen atoms in total. The molecular weight excluding hydrogens is 231 g/mol. The van der Waals surface area contributed by atoms with E-state index in [1.54, 1.807) is 0 Å². The fourth-order valence-electron chi connectivity index (χ4n) is 1.63. The van der Waals surface area contributed by atoms with Crippen LogP contribution >= 0.6 is 24.8 Å². The lowest BCUT2D eigenvalue weighted by molar-refractivity contribution is 0.292. The maximum atomic E-state index is 5.93. The summed E-state index contributed by atoms with van der Waals surface area (Å²) < 4.78 is 0. The lowest BCUT2D eigenvalue weighted by atomic mass is 10.1. The molecule has 2 N–H and O–H groups in total. The molecule has 0 aromatic heterocycles. The molecule has 0 aliphatic heterocycles. The normalized spacial score (nSPS) is 11.8. The highest BCUT2D eigenvalue weighted by molar-refractivity contribution is 5.85. The summed E-state index contributed by atoms with van der Waals surface area (Å²) in [6.45, 7) is 10.2. The molecule has 0 aromatic carbocycles. The summed E-state index contributed by atoms with van der Waals surface area (Å²) >= 11 is 0. The van der Waals surface area contributed by atoms with Crippen molar-refractivity contribution in [1.29, 1.82) is 0 Å². The Morgan fingerprint density at radius 2 is 1.53 bits per heavy atom. The zero-order valence-electron chi connectivity index (χ0n) is 10.4. The number of nitrogens with zero attached hydrogens (tertiary/aromatic N) is 1. The Balaban J connectivity index is -0.000000720. The predicted molar refractivity (Wildman–Crippen MR) is 74.4 cm³/mol. The number of hydrogen-bond acceptors (Lipinski definition) is 2. The number of hydrogen-bond donors (Lipinski definition) is 1. The van der Waals surface area contributed by atoms with E-state index in [9.17, 15) is 0 Å². The fraction of sp³-hybridized carbons (Fsp3) is 1.00. The zero-order chi connectivity index (χ0) is 10.1. The highest BCUT2D eigenvalue weighted by atomic mass is 35.5. The summed E-state index contributed by atoms with van der Waals surface area (Å²) in [6.07, 6.45) is 4.83. The lowest BCUT2D eigenvalue weighted by Gasteiger charge is -2.18. The zero-order valence-corrected chi connectivity index (χ0v) is 12.0. The van der Waals surface area contributed by atoms with Gasteiger partial charge < -0.3 is 10.6 Å². The smallest absolute Gasteiger partial charge is 0.00392 e. The van der Waals surface area contributed by atoms with Crippen molar-refractivity contribution in [2.75, 3.05) is 19.6 Å². The Bertz CT molecular complexity index is 109. The second kappa shape index (κ2) is 14.5. The average Bonchev–Trinajstić information content (AvgIpc) is 2.13. The molecule has 0 saturated heterocycles. The van der Waals surface area contributed by atoms with Gasteiger partial charge in [-0.1, -0.05) is 27.2 Å². The average molecular weight is 259 g/mol. The van der Waals surface area contributed by atoms with Crippen LogP contribution in [0.3, 0.4) is 0 Å². The topological polar surface area (TPSA) is 29.3 Å². The molecule has 1 unspecified atom stereocenters. The summed E-state index contributed by atoms with van der Waals surface area (Å²) in [6, 6.07) is 0.431. The van der Waals surface area contributed by atoms with Gasteiger partial charge in [-0.2, -0.15) is 0 Å². The molecule has 0 rings (SSSR count). The molecule has 0 amide bonds. The van der Waals surface area contributed by atoms with Crippen molar-refractivity contribution in [3.05, 3.63) is 0 Å². The van der Waals surface area contributed by atoms with Crippen LogP contribution in [-0.2, 0) is 0 Å². The molecule has 0 aliphatic carbocycles. The van der Waals surface area contributed by atoms with Gasteiger partial charge in [-0.3, -0.25) is 0 Å². The first kappa shape index (κ1) is 20.9. The highest BCUT2D eigenvalue weighted by Gasteiger charge is 2.02. The van der Waals surface area contributed by atoms with E-state index in [1.807, 2.05) is 0 Å². The molecule has 0 heterocycles. The van der Waals surface area contributed by atoms with Crippen molar-refractivity contribution in [3.8, 4) is 0 Å². The minimum Gasteiger partial charge on any atom is -0.328 e. The van der Waals surface area contributed by atoms with Crippen molar-refractivity contribution in [3.63, 3.8) is 0 Å². The molecular formula is C11H28Cl2N2. The number of nitrogens with two attached hydrogens (primary N) is 1. The third kappa shape index (κ3) is 12.4. The second-order valence-corrected chi connectivity index (χ2v) is 3.72. The van der Waals surface area contributed by atoms with Gasteiger partial charge in [-0.15, -0.1) is 24.8 Å². The minimum atomic E-state index is 0. The summed E-state index contributed by atoms with van der Waals surface area (Å²) in [4.78, 5) is 2.46. The van der Waals surface area contributed by atoms with E-state index in [2.05, 4.69) is 25.7 Å². The van der Waals surface area contributed by atoms with Gasteiger partial charge in [-0.25, -0.2) is 0 Å². The SMILES string of the molecule is CCCC(N)CCCN(CC)CC.Cl.Cl. The first-order valence-corrected chi connectivity index (χ1v) is 5.72. The Kier molecular flexibility index (Phi) is 20.2. The molecule has 4 heteroatoms. The molecule has 15 heavy (non-hydrogen) atoms. The molecule has 0 aliphatic rings. The van der Waals surface area contributed by atoms with Crippen LogP contribution in [0.2, 0.25) is 0 Å². The van der Waals surface area contributed by atoms with Gasteiger partial charge in [0.05, 0.1) is 0 Å². The van der Waals surface area contributed by atoms with E-state index in [4.69, 9.17) is 5.73 Å². The van der Waals surface area contributed by atoms with Crippen LogP contribution in [0.15, 0.2) is 0 Å². The summed E-state index contributed by atoms with van der Waals surface area (Å²) in [7, 11) is 0. The standard InChI is InChI=1S/C11H26N2.2ClH/c1-4-8-11(12)9-7-10-13(5-2)6-3;;/h11H,4-10,12H2,1-3H3;2*1H. The van der Waals surface area contributed by atoms with Crippen LogP contribution in [0.25, 0.3) is 0 Å². The number of rotatable bonds is 8. The van der Waals surface area contributed by atoms with Crippen molar-refractivity contribution in [1.82, 2.24) is 4.90 Å². The molecule has 0 fully saturated rings. The maximum Gasteiger partial charge on any atom is 0.00392 e. The third-order valence-electron chi connectivity index (χ3n) is 2.60. The van der Waals surface area contributed by atoms with E-state index in [-0.39, 0.29) is 24.8 Å². The Hall–Kier alpha value is 0.500. The van der Waals surface area contributed by atoms with E-state index in [0.29, 0.717) is 6.04 Å². The van der Waals surface area contributed by atoms with E-state index >= 15 is 0 Å². The van der Waals surface area contributed by atoms with E-state index in [1.165, 1.54) is 45.3 Å². The summed E-state index contributed by atoms with van der Waals surface area (Å²) in [5, 5.41) is 0. The van der Waals surface area contributed by atoms with E-state index in [0.717, 1.165) is 0 Å². The van der Waals surface area contributed by atoms with Gasteiger partial charge in [-0.05, 0) is 38.9 Å². The maximum absolute atomic E-state index is 5.93. The first-order chi connectivity index (χ1) is 6.24. The Morgan fingerprint density at radius 1 is 1.00 bits per heavy atom. The lowest BCUT2D eigenvalue weighted by Crippen LogP contribution is -2.26. The molecule has 0 bridgehead atoms. The third-order valence-corrected chi connectivity index (χ3v) is 2.60. The second-order valence-electron chi connectivity index (χ2n) is 3.72. The van der Waals surface area contributed by atoms with Crippen LogP contribution in [0.4, 0.5) is 0 Å². The van der Waals surface area contributed by atoms with Crippen LogP contribution < -0.4 is 5.73 Å². The van der Waals surface area contributed by atoms with Gasteiger partial charge in [0, 0.05) is 6.04 Å². The van der Waals surface area contributed by atoms with Crippen molar-refractivity contribution < 1.29 is 0 Å². The molecule has 0 spiro atoms. The van der Waals surface area contributed by atoms with Gasteiger partial charge in [0.15, 0.2) is 0 Å². The molecule has 1 atom stereocenters. The molecule has 0 saturated carbocycles. The predicted octanol–water partition coefficient (Wildman–Crippen LogP) is 3.08. The number of halogens is 2. The molecule has 0 aromatic rings. The summed E-state index contributed by atoms with van der Waals surface area (Å²) in [5.41, 5.74) is 5.93. The van der Waals surface area contributed by atoms with E-state index < -0.39 is 0 Å². The molecule has 96 valence electrons. The van der Waals surface area contributed by atoms with Crippen LogP contribution in [0.5, 0.6) is 0 Å². The van der Waals surface area contributed by atoms with Crippen molar-refractivity contribution in [2.24, 2.45) is 5.73 Å². The van der Waals surface area contributed by atoms with Crippen LogP contribution in [0.1, 0.15) is 46.5 Å². The van der Waals surface area contributed by atoms with Crippen molar-refractivity contribution in [2.45, 2.75) is 52.5 Å². The van der Waals surface area contributed by atoms with Gasteiger partial charge in [0.1, 0.15) is 0 Å². The molecule has 0 radical (unpaired) electrons. The monoisotopic (exact) mass is 258 g/mol. The van der Waals surface area contributed by atoms with Crippen LogP contribution in [-0.4, -0.2) is 30.6 Å². The largest absolute Gasteiger partial charge is 0.328 e. The van der Waals surface area contributed by atoms with Gasteiger partial charge >= 0.3 is 0 Å².